The average Bonchev–Trinajstić information content (AvgIpc) is 3.18. The normalized spacial score (nSPS) is 10.9. The largest absolute Gasteiger partial charge is 0.497 e. The van der Waals surface area contributed by atoms with E-state index in [4.69, 9.17) is 4.74 Å². The number of nitrogens with zero attached hydrogens (tertiary/aromatic N) is 3. The SMILES string of the molecule is COc1cccc(-c2nnc(SCc3c(F)cccc3F)n2-c2ccc(C)cc2)c1. The summed E-state index contributed by atoms with van der Waals surface area (Å²) in [5.74, 6) is 0.275. The average molecular weight is 423 g/mol. The van der Waals surface area contributed by atoms with Gasteiger partial charge in [0.15, 0.2) is 11.0 Å². The molecule has 0 spiro atoms. The number of halogens is 2. The molecule has 0 saturated heterocycles. The predicted molar refractivity (Wildman–Crippen MR) is 114 cm³/mol. The Hall–Kier alpha value is -3.19. The number of hydrogen-bond donors (Lipinski definition) is 0. The molecule has 0 atom stereocenters. The second-order valence-electron chi connectivity index (χ2n) is 6.70. The summed E-state index contributed by atoms with van der Waals surface area (Å²) in [4.78, 5) is 0. The standard InChI is InChI=1S/C23H19F2N3OS/c1-15-9-11-17(12-10-15)28-22(16-5-3-6-18(13-16)29-2)26-27-23(28)30-14-19-20(24)7-4-8-21(19)25/h3-13H,14H2,1-2H3. The van der Waals surface area contributed by atoms with E-state index >= 15 is 0 Å². The van der Waals surface area contributed by atoms with Crippen LogP contribution in [0, 0.1) is 18.6 Å². The maximum absolute atomic E-state index is 14.1. The Morgan fingerprint density at radius 2 is 1.63 bits per heavy atom. The van der Waals surface area contributed by atoms with Crippen molar-refractivity contribution in [1.82, 2.24) is 14.8 Å². The first-order valence-corrected chi connectivity index (χ1v) is 10.3. The summed E-state index contributed by atoms with van der Waals surface area (Å²) in [5.41, 5.74) is 2.83. The van der Waals surface area contributed by atoms with Crippen LogP contribution in [0.3, 0.4) is 0 Å². The van der Waals surface area contributed by atoms with E-state index in [0.29, 0.717) is 16.7 Å². The number of benzene rings is 3. The molecule has 30 heavy (non-hydrogen) atoms. The molecule has 0 fully saturated rings. The van der Waals surface area contributed by atoms with E-state index in [-0.39, 0.29) is 11.3 Å². The van der Waals surface area contributed by atoms with E-state index in [9.17, 15) is 8.78 Å². The summed E-state index contributed by atoms with van der Waals surface area (Å²) in [5, 5.41) is 9.22. The van der Waals surface area contributed by atoms with Crippen LogP contribution >= 0.6 is 11.8 Å². The summed E-state index contributed by atoms with van der Waals surface area (Å²) < 4.78 is 35.3. The Labute approximate surface area is 177 Å². The smallest absolute Gasteiger partial charge is 0.196 e. The lowest BCUT2D eigenvalue weighted by molar-refractivity contribution is 0.415. The maximum atomic E-state index is 14.1. The van der Waals surface area contributed by atoms with Gasteiger partial charge >= 0.3 is 0 Å². The molecule has 152 valence electrons. The van der Waals surface area contributed by atoms with Crippen molar-refractivity contribution in [2.24, 2.45) is 0 Å². The highest BCUT2D eigenvalue weighted by atomic mass is 32.2. The van der Waals surface area contributed by atoms with Crippen LogP contribution in [0.4, 0.5) is 8.78 Å². The maximum Gasteiger partial charge on any atom is 0.196 e. The third-order valence-corrected chi connectivity index (χ3v) is 5.62. The van der Waals surface area contributed by atoms with Gasteiger partial charge in [0, 0.05) is 22.6 Å². The van der Waals surface area contributed by atoms with Crippen LogP contribution in [0.15, 0.2) is 71.9 Å². The highest BCUT2D eigenvalue weighted by molar-refractivity contribution is 7.98. The van der Waals surface area contributed by atoms with E-state index in [1.54, 1.807) is 7.11 Å². The van der Waals surface area contributed by atoms with Crippen molar-refractivity contribution in [2.75, 3.05) is 7.11 Å². The molecule has 4 rings (SSSR count). The lowest BCUT2D eigenvalue weighted by atomic mass is 10.2. The van der Waals surface area contributed by atoms with Crippen LogP contribution in [-0.2, 0) is 5.75 Å². The number of thioether (sulfide) groups is 1. The Morgan fingerprint density at radius 3 is 2.33 bits per heavy atom. The minimum absolute atomic E-state index is 0.0175. The molecule has 1 heterocycles. The van der Waals surface area contributed by atoms with E-state index in [1.807, 2.05) is 60.0 Å². The first-order chi connectivity index (χ1) is 14.6. The zero-order valence-electron chi connectivity index (χ0n) is 16.5. The topological polar surface area (TPSA) is 39.9 Å². The van der Waals surface area contributed by atoms with Crippen molar-refractivity contribution < 1.29 is 13.5 Å². The first kappa shape index (κ1) is 20.1. The van der Waals surface area contributed by atoms with Crippen molar-refractivity contribution in [3.05, 3.63) is 89.5 Å². The minimum Gasteiger partial charge on any atom is -0.497 e. The first-order valence-electron chi connectivity index (χ1n) is 9.29. The quantitative estimate of drug-likeness (QED) is 0.366. The van der Waals surface area contributed by atoms with Gasteiger partial charge in [-0.3, -0.25) is 4.57 Å². The lowest BCUT2D eigenvalue weighted by Gasteiger charge is -2.12. The van der Waals surface area contributed by atoms with Gasteiger partial charge in [-0.2, -0.15) is 0 Å². The summed E-state index contributed by atoms with van der Waals surface area (Å²) in [7, 11) is 1.61. The van der Waals surface area contributed by atoms with Gasteiger partial charge in [0.05, 0.1) is 7.11 Å². The van der Waals surface area contributed by atoms with Gasteiger partial charge in [-0.15, -0.1) is 10.2 Å². The molecule has 0 amide bonds. The monoisotopic (exact) mass is 423 g/mol. The van der Waals surface area contributed by atoms with Gasteiger partial charge in [0.25, 0.3) is 0 Å². The molecule has 0 aliphatic heterocycles. The Kier molecular flexibility index (Phi) is 5.81. The van der Waals surface area contributed by atoms with Crippen LogP contribution in [0.5, 0.6) is 5.75 Å². The van der Waals surface area contributed by atoms with E-state index in [0.717, 1.165) is 16.8 Å². The Morgan fingerprint density at radius 1 is 0.933 bits per heavy atom. The summed E-state index contributed by atoms with van der Waals surface area (Å²) in [6.45, 7) is 2.01. The molecule has 3 aromatic carbocycles. The molecule has 0 unspecified atom stereocenters. The van der Waals surface area contributed by atoms with Crippen LogP contribution in [0.2, 0.25) is 0 Å². The van der Waals surface area contributed by atoms with E-state index < -0.39 is 11.6 Å². The molecule has 0 radical (unpaired) electrons. The van der Waals surface area contributed by atoms with Crippen molar-refractivity contribution in [3.8, 4) is 22.8 Å². The number of ether oxygens (including phenoxy) is 1. The fourth-order valence-electron chi connectivity index (χ4n) is 3.05. The second kappa shape index (κ2) is 8.67. The highest BCUT2D eigenvalue weighted by Gasteiger charge is 2.18. The van der Waals surface area contributed by atoms with Crippen LogP contribution in [0.25, 0.3) is 17.1 Å². The summed E-state index contributed by atoms with van der Waals surface area (Å²) in [6.07, 6.45) is 0. The van der Waals surface area contributed by atoms with Crippen molar-refractivity contribution in [2.45, 2.75) is 17.8 Å². The van der Waals surface area contributed by atoms with E-state index in [2.05, 4.69) is 10.2 Å². The molecule has 4 aromatic rings. The molecule has 0 bridgehead atoms. The number of methoxy groups -OCH3 is 1. The number of rotatable bonds is 6. The third kappa shape index (κ3) is 4.07. The highest BCUT2D eigenvalue weighted by Crippen LogP contribution is 2.32. The van der Waals surface area contributed by atoms with Crippen molar-refractivity contribution in [3.63, 3.8) is 0 Å². The minimum atomic E-state index is -0.572. The molecule has 1 aromatic heterocycles. The lowest BCUT2D eigenvalue weighted by Crippen LogP contribution is -2.01. The molecule has 0 N–H and O–H groups in total. The predicted octanol–water partition coefficient (Wildman–Crippen LogP) is 5.82. The molecule has 0 saturated carbocycles. The van der Waals surface area contributed by atoms with Gasteiger partial charge in [0.1, 0.15) is 17.4 Å². The fraction of sp³-hybridized carbons (Fsp3) is 0.130. The van der Waals surface area contributed by atoms with Crippen molar-refractivity contribution >= 4 is 11.8 Å². The molecule has 4 nitrogen and oxygen atoms in total. The van der Waals surface area contributed by atoms with Gasteiger partial charge in [-0.1, -0.05) is 47.7 Å². The van der Waals surface area contributed by atoms with Crippen LogP contribution < -0.4 is 4.74 Å². The van der Waals surface area contributed by atoms with Gasteiger partial charge < -0.3 is 4.74 Å². The molecule has 7 heteroatoms. The number of aromatic nitrogens is 3. The van der Waals surface area contributed by atoms with Gasteiger partial charge in [-0.25, -0.2) is 8.78 Å². The molecule has 0 aliphatic rings. The Balaban J connectivity index is 1.77. The molecular weight excluding hydrogens is 404 g/mol. The summed E-state index contributed by atoms with van der Waals surface area (Å²) in [6, 6.07) is 19.3. The zero-order valence-corrected chi connectivity index (χ0v) is 17.3. The number of aryl methyl sites for hydroxylation is 1. The third-order valence-electron chi connectivity index (χ3n) is 4.66. The van der Waals surface area contributed by atoms with E-state index in [1.165, 1.54) is 30.0 Å². The van der Waals surface area contributed by atoms with Crippen molar-refractivity contribution in [1.29, 1.82) is 0 Å². The van der Waals surface area contributed by atoms with Gasteiger partial charge in [-0.05, 0) is 43.3 Å². The zero-order chi connectivity index (χ0) is 21.1. The molecular formula is C23H19F2N3OS. The van der Waals surface area contributed by atoms with Crippen LogP contribution in [-0.4, -0.2) is 21.9 Å². The number of hydrogen-bond acceptors (Lipinski definition) is 4. The fourth-order valence-corrected chi connectivity index (χ4v) is 4.01. The van der Waals surface area contributed by atoms with Crippen LogP contribution in [0.1, 0.15) is 11.1 Å². The molecule has 0 aliphatic carbocycles. The summed E-state index contributed by atoms with van der Waals surface area (Å²) >= 11 is 1.23. The Bertz CT molecular complexity index is 1160. The van der Waals surface area contributed by atoms with Gasteiger partial charge in [0.2, 0.25) is 0 Å². The second-order valence-corrected chi connectivity index (χ2v) is 7.64.